The molecule has 1 aromatic heterocycles. The lowest BCUT2D eigenvalue weighted by Crippen LogP contribution is -2.34. The van der Waals surface area contributed by atoms with Crippen molar-refractivity contribution < 1.29 is 22.8 Å². The molecule has 2 rings (SSSR count). The van der Waals surface area contributed by atoms with Gasteiger partial charge < -0.3 is 9.05 Å². The van der Waals surface area contributed by atoms with E-state index in [-0.39, 0.29) is 31.8 Å². The summed E-state index contributed by atoms with van der Waals surface area (Å²) >= 11 is 0. The number of rotatable bonds is 7. The fourth-order valence-electron chi connectivity index (χ4n) is 2.52. The van der Waals surface area contributed by atoms with Crippen LogP contribution >= 0.6 is 7.60 Å². The van der Waals surface area contributed by atoms with Gasteiger partial charge in [-0.2, -0.15) is 9.45 Å². The third kappa shape index (κ3) is 4.20. The fraction of sp³-hybridized carbons (Fsp3) is 0.692. The van der Waals surface area contributed by atoms with E-state index in [1.807, 2.05) is 4.98 Å². The van der Waals surface area contributed by atoms with E-state index in [1.165, 1.54) is 5.06 Å². The summed E-state index contributed by atoms with van der Waals surface area (Å²) in [6, 6.07) is -0.360. The van der Waals surface area contributed by atoms with Crippen LogP contribution in [0.1, 0.15) is 26.5 Å². The average molecular weight is 365 g/mol. The van der Waals surface area contributed by atoms with Gasteiger partial charge in [-0.05, 0) is 13.8 Å². The summed E-state index contributed by atoms with van der Waals surface area (Å²) < 4.78 is 37.5. The molecule has 0 spiro atoms. The Balaban J connectivity index is 2.18. The van der Waals surface area contributed by atoms with Gasteiger partial charge in [-0.15, -0.1) is 0 Å². The van der Waals surface area contributed by atoms with Gasteiger partial charge in [0, 0.05) is 13.5 Å². The number of aromatic nitrogens is 2. The first kappa shape index (κ1) is 19.0. The zero-order valence-corrected chi connectivity index (χ0v) is 14.6. The highest BCUT2D eigenvalue weighted by Crippen LogP contribution is 2.50. The molecule has 1 fully saturated rings. The van der Waals surface area contributed by atoms with Crippen LogP contribution in [0.4, 0.5) is 4.39 Å². The van der Waals surface area contributed by atoms with Gasteiger partial charge >= 0.3 is 13.3 Å². The van der Waals surface area contributed by atoms with Gasteiger partial charge in [0.05, 0.1) is 31.6 Å². The topological polar surface area (TPSA) is 103 Å². The van der Waals surface area contributed by atoms with Crippen molar-refractivity contribution in [3.63, 3.8) is 0 Å². The van der Waals surface area contributed by atoms with E-state index in [1.54, 1.807) is 20.9 Å². The van der Waals surface area contributed by atoms with E-state index in [0.717, 1.165) is 10.8 Å². The SMILES string of the molecule is CCOP(=O)(CC1CC(n2cc(F)c(=O)[nH]c2=O)ON1C)OCC. The summed E-state index contributed by atoms with van der Waals surface area (Å²) in [4.78, 5) is 30.3. The molecule has 2 heterocycles. The van der Waals surface area contributed by atoms with Crippen LogP contribution in [0.15, 0.2) is 15.8 Å². The lowest BCUT2D eigenvalue weighted by atomic mass is 10.2. The summed E-state index contributed by atoms with van der Waals surface area (Å²) in [6.45, 7) is 3.91. The van der Waals surface area contributed by atoms with Crippen LogP contribution in [0.5, 0.6) is 0 Å². The Kier molecular flexibility index (Phi) is 6.11. The standard InChI is InChI=1S/C13H21FN3O6P/c1-4-21-24(20,22-5-2)8-9-6-11(23-16(9)3)17-7-10(14)12(18)15-13(17)19/h7,9,11H,4-6,8H2,1-3H3,(H,15,18,19). The van der Waals surface area contributed by atoms with Crippen LogP contribution in [0, 0.1) is 5.82 Å². The molecule has 0 saturated carbocycles. The van der Waals surface area contributed by atoms with Crippen molar-refractivity contribution in [2.45, 2.75) is 32.5 Å². The molecular formula is C13H21FN3O6P. The molecule has 1 aliphatic heterocycles. The maximum atomic E-state index is 13.4. The summed E-state index contributed by atoms with van der Waals surface area (Å²) in [5.41, 5.74) is -1.87. The van der Waals surface area contributed by atoms with Crippen LogP contribution in [-0.2, 0) is 18.5 Å². The second-order valence-corrected chi connectivity index (χ2v) is 7.37. The summed E-state index contributed by atoms with van der Waals surface area (Å²) in [5.74, 6) is -1.08. The molecule has 0 amide bonds. The van der Waals surface area contributed by atoms with E-state index < -0.39 is 30.9 Å². The number of hydrogen-bond donors (Lipinski definition) is 1. The smallest absolute Gasteiger partial charge is 0.309 e. The van der Waals surface area contributed by atoms with E-state index >= 15 is 0 Å². The Labute approximate surface area is 137 Å². The zero-order valence-electron chi connectivity index (χ0n) is 13.7. The Morgan fingerprint density at radius 1 is 1.38 bits per heavy atom. The van der Waals surface area contributed by atoms with Gasteiger partial charge in [-0.3, -0.25) is 23.7 Å². The minimum Gasteiger partial charge on any atom is -0.309 e. The highest BCUT2D eigenvalue weighted by atomic mass is 31.2. The molecule has 11 heteroatoms. The summed E-state index contributed by atoms with van der Waals surface area (Å²) in [6.07, 6.45) is 0.302. The van der Waals surface area contributed by atoms with Gasteiger partial charge in [0.15, 0.2) is 6.23 Å². The van der Waals surface area contributed by atoms with Gasteiger partial charge in [0.2, 0.25) is 5.82 Å². The molecule has 0 bridgehead atoms. The zero-order chi connectivity index (χ0) is 17.9. The third-order valence-electron chi connectivity index (χ3n) is 3.60. The molecule has 24 heavy (non-hydrogen) atoms. The maximum Gasteiger partial charge on any atom is 0.332 e. The van der Waals surface area contributed by atoms with Crippen LogP contribution in [0.3, 0.4) is 0 Å². The number of hydrogen-bond acceptors (Lipinski definition) is 7. The van der Waals surface area contributed by atoms with Gasteiger partial charge in [-0.1, -0.05) is 0 Å². The third-order valence-corrected chi connectivity index (χ3v) is 5.77. The number of H-pyrrole nitrogens is 1. The van der Waals surface area contributed by atoms with Crippen molar-refractivity contribution >= 4 is 7.60 Å². The lowest BCUT2D eigenvalue weighted by molar-refractivity contribution is -0.164. The maximum absolute atomic E-state index is 13.4. The Morgan fingerprint density at radius 3 is 2.58 bits per heavy atom. The second kappa shape index (κ2) is 7.71. The van der Waals surface area contributed by atoms with Crippen molar-refractivity contribution in [3.05, 3.63) is 32.9 Å². The van der Waals surface area contributed by atoms with E-state index in [2.05, 4.69) is 0 Å². The van der Waals surface area contributed by atoms with Crippen molar-refractivity contribution in [3.8, 4) is 0 Å². The molecule has 0 aromatic carbocycles. The summed E-state index contributed by atoms with van der Waals surface area (Å²) in [5, 5.41) is 1.44. The van der Waals surface area contributed by atoms with E-state index in [4.69, 9.17) is 13.9 Å². The monoisotopic (exact) mass is 365 g/mol. The highest BCUT2D eigenvalue weighted by molar-refractivity contribution is 7.53. The molecule has 9 nitrogen and oxygen atoms in total. The number of aromatic amines is 1. The minimum absolute atomic E-state index is 0.0717. The molecule has 1 aromatic rings. The predicted octanol–water partition coefficient (Wildman–Crippen LogP) is 1.08. The Hall–Kier alpha value is -1.32. The first-order chi connectivity index (χ1) is 11.3. The van der Waals surface area contributed by atoms with Crippen LogP contribution in [0.2, 0.25) is 0 Å². The Morgan fingerprint density at radius 2 is 2.00 bits per heavy atom. The molecule has 1 aliphatic rings. The molecule has 0 radical (unpaired) electrons. The normalized spacial score (nSPS) is 22.2. The Bertz CT molecular complexity index is 725. The molecule has 1 saturated heterocycles. The van der Waals surface area contributed by atoms with Crippen LogP contribution in [-0.4, -0.2) is 47.1 Å². The first-order valence-electron chi connectivity index (χ1n) is 7.58. The molecule has 1 N–H and O–H groups in total. The molecular weight excluding hydrogens is 344 g/mol. The molecule has 2 unspecified atom stereocenters. The van der Waals surface area contributed by atoms with Crippen LogP contribution in [0.25, 0.3) is 0 Å². The van der Waals surface area contributed by atoms with Crippen molar-refractivity contribution in [2.75, 3.05) is 26.4 Å². The first-order valence-corrected chi connectivity index (χ1v) is 9.31. The minimum atomic E-state index is -3.29. The highest BCUT2D eigenvalue weighted by Gasteiger charge is 2.39. The molecule has 0 aliphatic carbocycles. The molecule has 2 atom stereocenters. The number of hydroxylamine groups is 2. The van der Waals surface area contributed by atoms with Gasteiger partial charge in [-0.25, -0.2) is 4.79 Å². The lowest BCUT2D eigenvalue weighted by Gasteiger charge is -2.22. The number of halogens is 1. The van der Waals surface area contributed by atoms with Crippen LogP contribution < -0.4 is 11.2 Å². The van der Waals surface area contributed by atoms with Crippen molar-refractivity contribution in [1.82, 2.24) is 14.6 Å². The summed E-state index contributed by atoms with van der Waals surface area (Å²) in [7, 11) is -1.68. The van der Waals surface area contributed by atoms with E-state index in [9.17, 15) is 18.5 Å². The quantitative estimate of drug-likeness (QED) is 0.721. The van der Waals surface area contributed by atoms with E-state index in [0.29, 0.717) is 0 Å². The predicted molar refractivity (Wildman–Crippen MR) is 83.3 cm³/mol. The average Bonchev–Trinajstić information content (AvgIpc) is 2.84. The van der Waals surface area contributed by atoms with Crippen molar-refractivity contribution in [2.24, 2.45) is 0 Å². The second-order valence-electron chi connectivity index (χ2n) is 5.27. The largest absolute Gasteiger partial charge is 0.332 e. The van der Waals surface area contributed by atoms with Gasteiger partial charge in [0.1, 0.15) is 0 Å². The fourth-order valence-corrected chi connectivity index (χ4v) is 4.49. The van der Waals surface area contributed by atoms with Gasteiger partial charge in [0.25, 0.3) is 5.56 Å². The number of nitrogens with one attached hydrogen (secondary N) is 1. The number of nitrogens with zero attached hydrogens (tertiary/aromatic N) is 2. The molecule has 136 valence electrons. The van der Waals surface area contributed by atoms with Crippen molar-refractivity contribution in [1.29, 1.82) is 0 Å².